The van der Waals surface area contributed by atoms with E-state index in [4.69, 9.17) is 26.2 Å². The zero-order valence-electron chi connectivity index (χ0n) is 33.0. The van der Waals surface area contributed by atoms with Crippen molar-refractivity contribution in [1.29, 1.82) is 0 Å². The maximum atomic E-state index is 15.2. The lowest BCUT2D eigenvalue weighted by atomic mass is 9.51. The highest BCUT2D eigenvalue weighted by Crippen LogP contribution is 2.65. The maximum absolute atomic E-state index is 15.2. The molecule has 5 aromatic rings. The number of aromatic hydroxyl groups is 1. The van der Waals surface area contributed by atoms with E-state index in [1.54, 1.807) is 48.2 Å². The largest absolute Gasteiger partial charge is 0.508 e. The number of phenolic OH excluding ortho intramolecular Hbond substituents is 1. The predicted molar refractivity (Wildman–Crippen MR) is 225 cm³/mol. The van der Waals surface area contributed by atoms with E-state index < -0.39 is 46.8 Å². The van der Waals surface area contributed by atoms with Crippen LogP contribution >= 0.6 is 22.9 Å². The van der Waals surface area contributed by atoms with E-state index in [1.165, 1.54) is 23.0 Å². The standard InChI is InChI=1S/C45H42ClN5O7S/c1-23-30-19-24(46)5-14-36(30)59-40(23)34-22-37(48(3)47-34)51-42(54)33-21-31-28(39(45(33,2)44(51)56)32-20-27(57-4)10-13-35(32)52)11-12-29-38(31)43(55)50(41(29)53)26-8-6-25(7-9-26)49-15-17-58-18-16-49/h5-11,13-14,19-20,22,29,31,33,38-39,52H,12,15-18,21H2,1-4H3. The molecule has 3 saturated heterocycles. The number of nitrogens with zero attached hydrogens (tertiary/aromatic N) is 5. The first-order valence-electron chi connectivity index (χ1n) is 19.9. The van der Waals surface area contributed by atoms with Crippen LogP contribution in [-0.4, -0.2) is 71.9 Å². The van der Waals surface area contributed by atoms with Crippen LogP contribution in [0.2, 0.25) is 5.02 Å². The number of carbonyl (C=O) groups is 4. The number of morpholine rings is 1. The molecule has 10 rings (SSSR count). The number of halogens is 1. The second kappa shape index (κ2) is 13.8. The molecule has 5 aliphatic rings. The van der Waals surface area contributed by atoms with Gasteiger partial charge >= 0.3 is 0 Å². The van der Waals surface area contributed by atoms with Gasteiger partial charge < -0.3 is 19.5 Å². The van der Waals surface area contributed by atoms with E-state index in [9.17, 15) is 14.7 Å². The Morgan fingerprint density at radius 1 is 0.915 bits per heavy atom. The van der Waals surface area contributed by atoms with Gasteiger partial charge in [-0.2, -0.15) is 5.10 Å². The molecule has 4 fully saturated rings. The number of allylic oxidation sites excluding steroid dienone is 2. The van der Waals surface area contributed by atoms with Crippen LogP contribution < -0.4 is 19.4 Å². The quantitative estimate of drug-likeness (QED) is 0.139. The summed E-state index contributed by atoms with van der Waals surface area (Å²) < 4.78 is 13.7. The fourth-order valence-electron chi connectivity index (χ4n) is 10.6. The molecule has 302 valence electrons. The summed E-state index contributed by atoms with van der Waals surface area (Å²) in [6.45, 7) is 6.59. The third-order valence-corrected chi connectivity index (χ3v) is 15.1. The van der Waals surface area contributed by atoms with E-state index in [-0.39, 0.29) is 30.4 Å². The Morgan fingerprint density at radius 2 is 1.66 bits per heavy atom. The van der Waals surface area contributed by atoms with E-state index in [0.29, 0.717) is 46.7 Å². The summed E-state index contributed by atoms with van der Waals surface area (Å²) in [6, 6.07) is 19.9. The highest BCUT2D eigenvalue weighted by molar-refractivity contribution is 7.22. The number of aromatic nitrogens is 2. The molecule has 12 nitrogen and oxygen atoms in total. The van der Waals surface area contributed by atoms with Crippen molar-refractivity contribution in [3.63, 3.8) is 0 Å². The zero-order valence-corrected chi connectivity index (χ0v) is 34.5. The molecule has 0 radical (unpaired) electrons. The van der Waals surface area contributed by atoms with Crippen LogP contribution in [0.5, 0.6) is 11.5 Å². The van der Waals surface area contributed by atoms with Gasteiger partial charge in [-0.1, -0.05) is 23.3 Å². The molecule has 3 aliphatic heterocycles. The van der Waals surface area contributed by atoms with Crippen molar-refractivity contribution >= 4 is 73.8 Å². The Balaban J connectivity index is 1.04. The number of hydrogen-bond donors (Lipinski definition) is 1. The molecular weight excluding hydrogens is 790 g/mol. The number of thiophene rings is 1. The summed E-state index contributed by atoms with van der Waals surface area (Å²) in [5.74, 6) is -4.34. The van der Waals surface area contributed by atoms with Crippen LogP contribution in [0.4, 0.5) is 17.2 Å². The number of hydrogen-bond acceptors (Lipinski definition) is 10. The molecule has 1 N–H and O–H groups in total. The lowest BCUT2D eigenvalue weighted by Gasteiger charge is -2.49. The topological polar surface area (TPSA) is 135 Å². The molecule has 6 unspecified atom stereocenters. The Morgan fingerprint density at radius 3 is 2.41 bits per heavy atom. The van der Waals surface area contributed by atoms with Crippen molar-refractivity contribution in [2.75, 3.05) is 48.1 Å². The first-order chi connectivity index (χ1) is 28.4. The molecule has 14 heteroatoms. The minimum absolute atomic E-state index is 0.0582. The van der Waals surface area contributed by atoms with E-state index >= 15 is 9.59 Å². The average Bonchev–Trinajstić information content (AvgIpc) is 3.91. The molecule has 5 heterocycles. The van der Waals surface area contributed by atoms with Gasteiger partial charge in [-0.15, -0.1) is 11.3 Å². The molecular formula is C45H42ClN5O7S. The number of phenols is 1. The number of ether oxygens (including phenoxy) is 2. The summed E-state index contributed by atoms with van der Waals surface area (Å²) in [7, 11) is 3.24. The van der Waals surface area contributed by atoms with Gasteiger partial charge in [0.25, 0.3) is 0 Å². The van der Waals surface area contributed by atoms with E-state index in [0.717, 1.165) is 44.9 Å². The first-order valence-corrected chi connectivity index (χ1v) is 21.1. The van der Waals surface area contributed by atoms with Crippen molar-refractivity contribution in [2.45, 2.75) is 32.6 Å². The summed E-state index contributed by atoms with van der Waals surface area (Å²) in [5.41, 5.74) is 2.92. The number of carbonyl (C=O) groups excluding carboxylic acids is 4. The minimum Gasteiger partial charge on any atom is -0.508 e. The molecule has 3 aromatic carbocycles. The summed E-state index contributed by atoms with van der Waals surface area (Å²) >= 11 is 7.90. The zero-order chi connectivity index (χ0) is 41.1. The van der Waals surface area contributed by atoms with Crippen LogP contribution in [0.3, 0.4) is 0 Å². The number of imide groups is 2. The van der Waals surface area contributed by atoms with Crippen molar-refractivity contribution in [3.8, 4) is 22.1 Å². The van der Waals surface area contributed by atoms with Gasteiger partial charge in [0.15, 0.2) is 0 Å². The van der Waals surface area contributed by atoms with E-state index in [2.05, 4.69) is 4.90 Å². The van der Waals surface area contributed by atoms with Crippen molar-refractivity contribution < 1.29 is 33.8 Å². The summed E-state index contributed by atoms with van der Waals surface area (Å²) in [5, 5.41) is 18.0. The van der Waals surface area contributed by atoms with Gasteiger partial charge in [-0.3, -0.25) is 28.8 Å². The molecule has 2 aliphatic carbocycles. The Labute approximate surface area is 349 Å². The lowest BCUT2D eigenvalue weighted by Crippen LogP contribution is -2.49. The number of amides is 4. The van der Waals surface area contributed by atoms with Gasteiger partial charge in [0.2, 0.25) is 23.6 Å². The van der Waals surface area contributed by atoms with Crippen LogP contribution in [-0.2, 0) is 31.0 Å². The number of anilines is 3. The van der Waals surface area contributed by atoms with Crippen LogP contribution in [0.1, 0.15) is 36.8 Å². The normalized spacial score (nSPS) is 26.7. The lowest BCUT2D eigenvalue weighted by molar-refractivity contribution is -0.131. The van der Waals surface area contributed by atoms with Gasteiger partial charge in [-0.05, 0) is 104 Å². The highest BCUT2D eigenvalue weighted by atomic mass is 35.5. The summed E-state index contributed by atoms with van der Waals surface area (Å²) in [4.78, 5) is 64.9. The molecule has 0 spiro atoms. The third-order valence-electron chi connectivity index (χ3n) is 13.5. The highest BCUT2D eigenvalue weighted by Gasteiger charge is 2.68. The summed E-state index contributed by atoms with van der Waals surface area (Å²) in [6.07, 6.45) is 2.43. The average molecular weight is 832 g/mol. The van der Waals surface area contributed by atoms with Crippen LogP contribution in [0.25, 0.3) is 20.7 Å². The Kier molecular flexibility index (Phi) is 8.82. The number of rotatable bonds is 6. The molecule has 1 saturated carbocycles. The Hall–Kier alpha value is -5.50. The van der Waals surface area contributed by atoms with Crippen molar-refractivity contribution in [2.24, 2.45) is 36.1 Å². The fourth-order valence-corrected chi connectivity index (χ4v) is 11.9. The number of benzene rings is 3. The molecule has 0 bridgehead atoms. The fraction of sp³-hybridized carbons (Fsp3) is 0.356. The Bertz CT molecular complexity index is 2650. The monoisotopic (exact) mass is 831 g/mol. The first kappa shape index (κ1) is 37.7. The predicted octanol–water partition coefficient (Wildman–Crippen LogP) is 7.25. The van der Waals surface area contributed by atoms with Gasteiger partial charge in [-0.25, -0.2) is 4.90 Å². The van der Waals surface area contributed by atoms with E-state index in [1.807, 2.05) is 55.5 Å². The number of fused-ring (bicyclic) bond motifs is 5. The second-order valence-electron chi connectivity index (χ2n) is 16.4. The molecule has 4 amide bonds. The third kappa shape index (κ3) is 5.54. The molecule has 59 heavy (non-hydrogen) atoms. The van der Waals surface area contributed by atoms with Crippen LogP contribution in [0, 0.1) is 36.0 Å². The smallest absolute Gasteiger partial charge is 0.242 e. The maximum Gasteiger partial charge on any atom is 0.242 e. The van der Waals surface area contributed by atoms with Crippen molar-refractivity contribution in [1.82, 2.24) is 9.78 Å². The van der Waals surface area contributed by atoms with Gasteiger partial charge in [0.1, 0.15) is 23.0 Å². The van der Waals surface area contributed by atoms with Gasteiger partial charge in [0.05, 0.1) is 54.1 Å². The number of aryl methyl sites for hydroxylation is 2. The second-order valence-corrected chi connectivity index (χ2v) is 17.9. The van der Waals surface area contributed by atoms with Crippen LogP contribution in [0.15, 0.2) is 78.4 Å². The van der Waals surface area contributed by atoms with Crippen molar-refractivity contribution in [3.05, 3.63) is 94.5 Å². The molecule has 6 atom stereocenters. The number of methoxy groups -OCH3 is 1. The minimum atomic E-state index is -1.37. The van der Waals surface area contributed by atoms with Gasteiger partial charge in [0, 0.05) is 53.1 Å². The molecule has 2 aromatic heterocycles. The SMILES string of the molecule is COc1ccc(O)c(C2C3=CCC4C(=O)N(c5ccc(N6CCOCC6)cc5)C(=O)C4C3CC3C(=O)N(c4cc(-c5sc6ccc(Cl)cc6c5C)nn4C)C(=O)C32C)c1.